The Labute approximate surface area is 171 Å². The number of carbonyl (C=O) groups excluding carboxylic acids is 1. The quantitative estimate of drug-likeness (QED) is 0.694. The molecule has 1 N–H and O–H groups in total. The summed E-state index contributed by atoms with van der Waals surface area (Å²) in [7, 11) is 0. The molecule has 1 saturated heterocycles. The predicted octanol–water partition coefficient (Wildman–Crippen LogP) is 3.55. The van der Waals surface area contributed by atoms with Gasteiger partial charge in [0.1, 0.15) is 5.82 Å². The minimum absolute atomic E-state index is 0.226. The smallest absolute Gasteiger partial charge is 0.223 e. The van der Waals surface area contributed by atoms with E-state index in [1.54, 1.807) is 6.20 Å². The van der Waals surface area contributed by atoms with Crippen molar-refractivity contribution in [2.24, 2.45) is 5.92 Å². The Morgan fingerprint density at radius 3 is 2.93 bits per heavy atom. The molecule has 7 nitrogen and oxygen atoms in total. The van der Waals surface area contributed by atoms with E-state index in [0.717, 1.165) is 47.8 Å². The molecule has 0 saturated carbocycles. The van der Waals surface area contributed by atoms with Gasteiger partial charge in [0.25, 0.3) is 0 Å². The Kier molecular flexibility index (Phi) is 5.47. The number of likely N-dealkylation sites (tertiary alicyclic amines) is 1. The van der Waals surface area contributed by atoms with Crippen LogP contribution in [0.2, 0.25) is 0 Å². The summed E-state index contributed by atoms with van der Waals surface area (Å²) >= 11 is 0. The summed E-state index contributed by atoms with van der Waals surface area (Å²) in [5.41, 5.74) is 3.73. The Morgan fingerprint density at radius 2 is 2.14 bits per heavy atom. The van der Waals surface area contributed by atoms with Crippen molar-refractivity contribution in [2.45, 2.75) is 46.1 Å². The van der Waals surface area contributed by atoms with Gasteiger partial charge in [0.2, 0.25) is 5.91 Å². The average molecular weight is 393 g/mol. The van der Waals surface area contributed by atoms with Gasteiger partial charge in [-0.2, -0.15) is 0 Å². The number of rotatable bonds is 6. The molecule has 7 heteroatoms. The first-order valence-corrected chi connectivity index (χ1v) is 10.3. The summed E-state index contributed by atoms with van der Waals surface area (Å²) in [6.45, 7) is 7.72. The molecule has 1 amide bonds. The van der Waals surface area contributed by atoms with E-state index in [2.05, 4.69) is 29.1 Å². The molecule has 3 aromatic heterocycles. The van der Waals surface area contributed by atoms with Gasteiger partial charge in [-0.05, 0) is 49.9 Å². The molecule has 1 fully saturated rings. The summed E-state index contributed by atoms with van der Waals surface area (Å²) < 4.78 is 1.85. The van der Waals surface area contributed by atoms with Crippen molar-refractivity contribution in [1.29, 1.82) is 0 Å². The highest BCUT2D eigenvalue weighted by Gasteiger charge is 2.28. The van der Waals surface area contributed by atoms with Crippen LogP contribution in [0.3, 0.4) is 0 Å². The zero-order valence-electron chi connectivity index (χ0n) is 17.3. The maximum atomic E-state index is 12.5. The SMILES string of the molecule is Cc1cc(-c2cnc3ccc(NC[C@@H]4CCCN4C(=O)CC(C)C)nn23)ccn1. The van der Waals surface area contributed by atoms with Crippen LogP contribution in [0.25, 0.3) is 16.9 Å². The zero-order valence-corrected chi connectivity index (χ0v) is 17.3. The second-order valence-electron chi connectivity index (χ2n) is 8.18. The standard InChI is InChI=1S/C22H28N6O/c1-15(2)11-22(29)27-10-4-5-18(27)13-24-20-6-7-21-25-14-19(28(21)26-20)17-8-9-23-16(3)12-17/h6-9,12,14-15,18H,4-5,10-11,13H2,1-3H3,(H,24,26)/t18-/m0/s1. The van der Waals surface area contributed by atoms with Gasteiger partial charge in [0.05, 0.1) is 11.9 Å². The van der Waals surface area contributed by atoms with E-state index in [0.29, 0.717) is 18.9 Å². The number of aromatic nitrogens is 4. The molecule has 152 valence electrons. The van der Waals surface area contributed by atoms with Crippen molar-refractivity contribution >= 4 is 17.4 Å². The van der Waals surface area contributed by atoms with E-state index in [4.69, 9.17) is 5.10 Å². The lowest BCUT2D eigenvalue weighted by Gasteiger charge is -2.26. The summed E-state index contributed by atoms with van der Waals surface area (Å²) in [4.78, 5) is 23.3. The number of amides is 1. The van der Waals surface area contributed by atoms with Crippen LogP contribution >= 0.6 is 0 Å². The van der Waals surface area contributed by atoms with Crippen molar-refractivity contribution in [3.8, 4) is 11.3 Å². The van der Waals surface area contributed by atoms with Crippen LogP contribution in [0.15, 0.2) is 36.7 Å². The summed E-state index contributed by atoms with van der Waals surface area (Å²) in [5, 5.41) is 8.17. The molecule has 4 heterocycles. The maximum absolute atomic E-state index is 12.5. The second-order valence-corrected chi connectivity index (χ2v) is 8.18. The molecule has 1 atom stereocenters. The van der Waals surface area contributed by atoms with Crippen molar-refractivity contribution in [2.75, 3.05) is 18.4 Å². The van der Waals surface area contributed by atoms with Crippen LogP contribution in [0, 0.1) is 12.8 Å². The topological polar surface area (TPSA) is 75.4 Å². The van der Waals surface area contributed by atoms with Crippen LogP contribution in [-0.4, -0.2) is 49.5 Å². The minimum Gasteiger partial charge on any atom is -0.367 e. The first kappa shape index (κ1) is 19.4. The number of pyridine rings is 1. The van der Waals surface area contributed by atoms with Gasteiger partial charge in [-0.1, -0.05) is 13.8 Å². The Bertz CT molecular complexity index is 1010. The first-order chi connectivity index (χ1) is 14.0. The molecular formula is C22H28N6O. The second kappa shape index (κ2) is 8.19. The monoisotopic (exact) mass is 392 g/mol. The van der Waals surface area contributed by atoms with Gasteiger partial charge in [0.15, 0.2) is 5.65 Å². The van der Waals surface area contributed by atoms with Crippen LogP contribution in [-0.2, 0) is 4.79 Å². The molecule has 0 bridgehead atoms. The van der Waals surface area contributed by atoms with E-state index in [1.165, 1.54) is 0 Å². The summed E-state index contributed by atoms with van der Waals surface area (Å²) in [5.74, 6) is 1.43. The molecule has 3 aromatic rings. The Morgan fingerprint density at radius 1 is 1.28 bits per heavy atom. The van der Waals surface area contributed by atoms with Crippen molar-refractivity contribution in [1.82, 2.24) is 24.5 Å². The number of nitrogens with one attached hydrogen (secondary N) is 1. The third-order valence-electron chi connectivity index (χ3n) is 5.35. The molecule has 1 aliphatic rings. The summed E-state index contributed by atoms with van der Waals surface area (Å²) in [6, 6.07) is 8.13. The first-order valence-electron chi connectivity index (χ1n) is 10.3. The van der Waals surface area contributed by atoms with Crippen molar-refractivity contribution < 1.29 is 4.79 Å². The van der Waals surface area contributed by atoms with Crippen molar-refractivity contribution in [3.63, 3.8) is 0 Å². The molecule has 0 radical (unpaired) electrons. The van der Waals surface area contributed by atoms with Crippen LogP contribution in [0.1, 0.15) is 38.8 Å². The normalized spacial score (nSPS) is 16.7. The zero-order chi connectivity index (χ0) is 20.4. The van der Waals surface area contributed by atoms with E-state index < -0.39 is 0 Å². The molecule has 29 heavy (non-hydrogen) atoms. The van der Waals surface area contributed by atoms with Gasteiger partial charge in [-0.3, -0.25) is 9.78 Å². The number of carbonyl (C=O) groups is 1. The number of nitrogens with zero attached hydrogens (tertiary/aromatic N) is 5. The number of imidazole rings is 1. The van der Waals surface area contributed by atoms with Crippen molar-refractivity contribution in [3.05, 3.63) is 42.4 Å². The van der Waals surface area contributed by atoms with Crippen LogP contribution in [0.4, 0.5) is 5.82 Å². The number of hydrogen-bond donors (Lipinski definition) is 1. The molecule has 4 rings (SSSR count). The lowest BCUT2D eigenvalue weighted by molar-refractivity contribution is -0.132. The number of anilines is 1. The Hall–Kier alpha value is -2.96. The maximum Gasteiger partial charge on any atom is 0.223 e. The largest absolute Gasteiger partial charge is 0.367 e. The fraction of sp³-hybridized carbons (Fsp3) is 0.455. The number of hydrogen-bond acceptors (Lipinski definition) is 5. The highest BCUT2D eigenvalue weighted by Crippen LogP contribution is 2.22. The fourth-order valence-corrected chi connectivity index (χ4v) is 3.93. The average Bonchev–Trinajstić information content (AvgIpc) is 3.32. The lowest BCUT2D eigenvalue weighted by atomic mass is 10.1. The van der Waals surface area contributed by atoms with E-state index in [9.17, 15) is 4.79 Å². The number of aryl methyl sites for hydroxylation is 1. The van der Waals surface area contributed by atoms with E-state index >= 15 is 0 Å². The third kappa shape index (κ3) is 4.23. The molecule has 0 unspecified atom stereocenters. The lowest BCUT2D eigenvalue weighted by Crippen LogP contribution is -2.40. The Balaban J connectivity index is 1.50. The summed E-state index contributed by atoms with van der Waals surface area (Å²) in [6.07, 6.45) is 6.35. The highest BCUT2D eigenvalue weighted by molar-refractivity contribution is 5.77. The predicted molar refractivity (Wildman–Crippen MR) is 114 cm³/mol. The van der Waals surface area contributed by atoms with Crippen LogP contribution in [0.5, 0.6) is 0 Å². The van der Waals surface area contributed by atoms with Gasteiger partial charge in [-0.25, -0.2) is 9.50 Å². The minimum atomic E-state index is 0.226. The third-order valence-corrected chi connectivity index (χ3v) is 5.35. The van der Waals surface area contributed by atoms with Gasteiger partial charge < -0.3 is 10.2 Å². The van der Waals surface area contributed by atoms with Gasteiger partial charge in [-0.15, -0.1) is 5.10 Å². The molecule has 0 aromatic carbocycles. The molecule has 0 spiro atoms. The number of fused-ring (bicyclic) bond motifs is 1. The molecule has 0 aliphatic carbocycles. The van der Waals surface area contributed by atoms with E-state index in [1.807, 2.05) is 46.8 Å². The van der Waals surface area contributed by atoms with Crippen LogP contribution < -0.4 is 5.32 Å². The molecular weight excluding hydrogens is 364 g/mol. The fourth-order valence-electron chi connectivity index (χ4n) is 3.93. The van der Waals surface area contributed by atoms with Gasteiger partial charge in [0, 0.05) is 43.0 Å². The van der Waals surface area contributed by atoms with Gasteiger partial charge >= 0.3 is 0 Å². The molecule has 1 aliphatic heterocycles. The highest BCUT2D eigenvalue weighted by atomic mass is 16.2. The van der Waals surface area contributed by atoms with E-state index in [-0.39, 0.29) is 11.9 Å².